The Morgan fingerprint density at radius 2 is 1.07 bits per heavy atom. The second-order valence-electron chi connectivity index (χ2n) is 7.32. The van der Waals surface area contributed by atoms with Gasteiger partial charge in [0.1, 0.15) is 11.5 Å². The molecule has 0 atom stereocenters. The zero-order chi connectivity index (χ0) is 20.6. The van der Waals surface area contributed by atoms with Crippen molar-refractivity contribution < 1.29 is 4.42 Å². The summed E-state index contributed by atoms with van der Waals surface area (Å²) in [7, 11) is 0. The van der Waals surface area contributed by atoms with E-state index in [9.17, 15) is 0 Å². The zero-order valence-electron chi connectivity index (χ0n) is 17.9. The van der Waals surface area contributed by atoms with E-state index in [1.807, 2.05) is 38.1 Å². The van der Waals surface area contributed by atoms with Crippen molar-refractivity contribution in [2.24, 2.45) is 9.98 Å². The van der Waals surface area contributed by atoms with Crippen LogP contribution in [-0.2, 0) is 12.8 Å². The van der Waals surface area contributed by atoms with Gasteiger partial charge in [-0.2, -0.15) is 0 Å². The van der Waals surface area contributed by atoms with Gasteiger partial charge in [-0.1, -0.05) is 63.1 Å². The van der Waals surface area contributed by atoms with E-state index < -0.39 is 0 Å². The Kier molecular flexibility index (Phi) is 7.18. The van der Waals surface area contributed by atoms with Crippen LogP contribution in [0.4, 0.5) is 11.4 Å². The summed E-state index contributed by atoms with van der Waals surface area (Å²) in [5.74, 6) is 1.56. The van der Waals surface area contributed by atoms with Crippen LogP contribution in [0.1, 0.15) is 63.2 Å². The van der Waals surface area contributed by atoms with Gasteiger partial charge >= 0.3 is 0 Å². The van der Waals surface area contributed by atoms with Crippen LogP contribution < -0.4 is 0 Å². The molecule has 3 nitrogen and oxygen atoms in total. The Morgan fingerprint density at radius 3 is 1.48 bits per heavy atom. The smallest absolute Gasteiger partial charge is 0.148 e. The summed E-state index contributed by atoms with van der Waals surface area (Å²) in [6.07, 6.45) is 4.26. The van der Waals surface area contributed by atoms with Crippen molar-refractivity contribution in [3.8, 4) is 0 Å². The SMILES string of the molecule is CCCc1ccccc1N=C(C)c1ccc(C(C)=Nc2ccccc2CCC)o1. The average Bonchev–Trinajstić information content (AvgIpc) is 3.22. The van der Waals surface area contributed by atoms with Crippen LogP contribution in [0.3, 0.4) is 0 Å². The first-order valence-corrected chi connectivity index (χ1v) is 10.5. The molecule has 3 rings (SSSR count). The van der Waals surface area contributed by atoms with Crippen LogP contribution in [0.25, 0.3) is 0 Å². The Balaban J connectivity index is 1.85. The van der Waals surface area contributed by atoms with E-state index in [1.54, 1.807) is 0 Å². The molecule has 0 spiro atoms. The lowest BCUT2D eigenvalue weighted by Gasteiger charge is -2.05. The number of para-hydroxylation sites is 2. The second kappa shape index (κ2) is 10.0. The summed E-state index contributed by atoms with van der Waals surface area (Å²) in [5, 5.41) is 0. The van der Waals surface area contributed by atoms with Crippen molar-refractivity contribution in [3.05, 3.63) is 83.3 Å². The molecular formula is C26H30N2O. The fourth-order valence-corrected chi connectivity index (χ4v) is 3.40. The van der Waals surface area contributed by atoms with Crippen LogP contribution in [0, 0.1) is 0 Å². The topological polar surface area (TPSA) is 37.9 Å². The van der Waals surface area contributed by atoms with E-state index >= 15 is 0 Å². The minimum absolute atomic E-state index is 0.780. The van der Waals surface area contributed by atoms with E-state index in [2.05, 4.69) is 50.2 Å². The molecule has 0 fully saturated rings. The highest BCUT2D eigenvalue weighted by atomic mass is 16.3. The van der Waals surface area contributed by atoms with Gasteiger partial charge in [0.05, 0.1) is 22.8 Å². The highest BCUT2D eigenvalue weighted by molar-refractivity contribution is 6.01. The van der Waals surface area contributed by atoms with Crippen LogP contribution in [0.15, 0.2) is 75.1 Å². The Hall–Kier alpha value is -2.94. The van der Waals surface area contributed by atoms with Gasteiger partial charge in [-0.25, -0.2) is 9.98 Å². The highest BCUT2D eigenvalue weighted by Gasteiger charge is 2.10. The van der Waals surface area contributed by atoms with Crippen LogP contribution in [0.5, 0.6) is 0 Å². The van der Waals surface area contributed by atoms with Gasteiger partial charge in [-0.05, 0) is 62.1 Å². The molecular weight excluding hydrogens is 356 g/mol. The van der Waals surface area contributed by atoms with Gasteiger partial charge in [-0.3, -0.25) is 0 Å². The number of hydrogen-bond donors (Lipinski definition) is 0. The molecule has 0 amide bonds. The molecule has 0 saturated carbocycles. The predicted octanol–water partition coefficient (Wildman–Crippen LogP) is 7.47. The van der Waals surface area contributed by atoms with Crippen molar-refractivity contribution in [3.63, 3.8) is 0 Å². The van der Waals surface area contributed by atoms with Crippen LogP contribution >= 0.6 is 0 Å². The van der Waals surface area contributed by atoms with Gasteiger partial charge in [0.25, 0.3) is 0 Å². The Morgan fingerprint density at radius 1 is 0.655 bits per heavy atom. The largest absolute Gasteiger partial charge is 0.454 e. The molecule has 0 unspecified atom stereocenters. The monoisotopic (exact) mass is 386 g/mol. The third kappa shape index (κ3) is 5.32. The van der Waals surface area contributed by atoms with E-state index in [0.29, 0.717) is 0 Å². The maximum absolute atomic E-state index is 6.09. The molecule has 0 aliphatic rings. The molecule has 0 N–H and O–H groups in total. The molecule has 2 aromatic carbocycles. The van der Waals surface area contributed by atoms with E-state index in [-0.39, 0.29) is 0 Å². The van der Waals surface area contributed by atoms with Crippen molar-refractivity contribution in [1.29, 1.82) is 0 Å². The number of rotatable bonds is 8. The molecule has 1 aromatic heterocycles. The number of furan rings is 1. The lowest BCUT2D eigenvalue weighted by atomic mass is 10.1. The van der Waals surface area contributed by atoms with E-state index in [4.69, 9.17) is 14.4 Å². The molecule has 0 bridgehead atoms. The first-order chi connectivity index (χ1) is 14.1. The summed E-state index contributed by atoms with van der Waals surface area (Å²) in [6, 6.07) is 20.6. The van der Waals surface area contributed by atoms with Crippen LogP contribution in [0.2, 0.25) is 0 Å². The zero-order valence-corrected chi connectivity index (χ0v) is 17.9. The third-order valence-electron chi connectivity index (χ3n) is 4.92. The third-order valence-corrected chi connectivity index (χ3v) is 4.92. The van der Waals surface area contributed by atoms with Crippen molar-refractivity contribution in [1.82, 2.24) is 0 Å². The first kappa shape index (κ1) is 20.8. The van der Waals surface area contributed by atoms with Gasteiger partial charge in [0.2, 0.25) is 0 Å². The summed E-state index contributed by atoms with van der Waals surface area (Å²) >= 11 is 0. The normalized spacial score (nSPS) is 12.4. The quantitative estimate of drug-likeness (QED) is 0.370. The number of hydrogen-bond acceptors (Lipinski definition) is 3. The fourth-order valence-electron chi connectivity index (χ4n) is 3.40. The molecule has 3 aromatic rings. The van der Waals surface area contributed by atoms with Crippen molar-refractivity contribution in [2.45, 2.75) is 53.4 Å². The van der Waals surface area contributed by atoms with Gasteiger partial charge in [0, 0.05) is 0 Å². The summed E-state index contributed by atoms with van der Waals surface area (Å²) in [6.45, 7) is 8.36. The molecule has 150 valence electrons. The minimum Gasteiger partial charge on any atom is -0.454 e. The second-order valence-corrected chi connectivity index (χ2v) is 7.32. The Labute approximate surface area is 174 Å². The molecule has 3 heteroatoms. The average molecular weight is 387 g/mol. The van der Waals surface area contributed by atoms with Crippen LogP contribution in [-0.4, -0.2) is 11.4 Å². The highest BCUT2D eigenvalue weighted by Crippen LogP contribution is 2.24. The molecule has 0 aliphatic heterocycles. The number of aliphatic imine (C=N–C) groups is 2. The standard InChI is InChI=1S/C26H30N2O/c1-5-11-21-13-7-9-15-23(21)27-19(3)25-17-18-26(29-25)20(4)28-24-16-10-8-14-22(24)12-6-2/h7-10,13-18H,5-6,11-12H2,1-4H3. The first-order valence-electron chi connectivity index (χ1n) is 10.5. The molecule has 0 saturated heterocycles. The predicted molar refractivity (Wildman–Crippen MR) is 123 cm³/mol. The number of nitrogens with zero attached hydrogens (tertiary/aromatic N) is 2. The van der Waals surface area contributed by atoms with Gasteiger partial charge in [0.15, 0.2) is 0 Å². The summed E-state index contributed by atoms with van der Waals surface area (Å²) in [4.78, 5) is 9.65. The lowest BCUT2D eigenvalue weighted by molar-refractivity contribution is 0.547. The van der Waals surface area contributed by atoms with E-state index in [0.717, 1.165) is 60.0 Å². The fraction of sp³-hybridized carbons (Fsp3) is 0.308. The minimum atomic E-state index is 0.780. The maximum atomic E-state index is 6.09. The molecule has 1 heterocycles. The molecule has 29 heavy (non-hydrogen) atoms. The van der Waals surface area contributed by atoms with Gasteiger partial charge in [-0.15, -0.1) is 0 Å². The molecule has 0 aliphatic carbocycles. The van der Waals surface area contributed by atoms with Crippen molar-refractivity contribution >= 4 is 22.8 Å². The summed E-state index contributed by atoms with van der Waals surface area (Å²) in [5.41, 5.74) is 6.32. The lowest BCUT2D eigenvalue weighted by Crippen LogP contribution is -1.95. The van der Waals surface area contributed by atoms with Gasteiger partial charge < -0.3 is 4.42 Å². The maximum Gasteiger partial charge on any atom is 0.148 e. The summed E-state index contributed by atoms with van der Waals surface area (Å²) < 4.78 is 6.09. The van der Waals surface area contributed by atoms with Crippen molar-refractivity contribution in [2.75, 3.05) is 0 Å². The molecule has 0 radical (unpaired) electrons. The Bertz CT molecular complexity index is 931. The number of benzene rings is 2. The van der Waals surface area contributed by atoms with E-state index in [1.165, 1.54) is 11.1 Å². The number of aryl methyl sites for hydroxylation is 2.